The Balaban J connectivity index is 1.20. The summed E-state index contributed by atoms with van der Waals surface area (Å²) in [5, 5.41) is 4.71. The van der Waals surface area contributed by atoms with Gasteiger partial charge in [0.15, 0.2) is 5.69 Å². The van der Waals surface area contributed by atoms with Crippen LogP contribution in [0, 0.1) is 6.57 Å². The molecule has 0 aliphatic heterocycles. The average molecular weight is 664 g/mol. The molecule has 0 aliphatic carbocycles. The predicted molar refractivity (Wildman–Crippen MR) is 213 cm³/mol. The van der Waals surface area contributed by atoms with E-state index in [9.17, 15) is 0 Å². The molecule has 242 valence electrons. The number of fused-ring (bicyclic) bond motifs is 6. The van der Waals surface area contributed by atoms with Crippen molar-refractivity contribution < 1.29 is 0 Å². The number of nitrogens with zero attached hydrogens (tertiary/aromatic N) is 5. The molecule has 0 saturated heterocycles. The largest absolute Gasteiger partial charge is 0.309 e. The van der Waals surface area contributed by atoms with E-state index in [1.807, 2.05) is 48.5 Å². The number of hydrogen-bond acceptors (Lipinski definition) is 2. The van der Waals surface area contributed by atoms with Crippen LogP contribution in [0.4, 0.5) is 5.69 Å². The molecule has 0 amide bonds. The van der Waals surface area contributed by atoms with Crippen LogP contribution in [-0.4, -0.2) is 19.1 Å². The van der Waals surface area contributed by atoms with Crippen LogP contribution in [0.25, 0.3) is 93.7 Å². The molecule has 7 aromatic carbocycles. The van der Waals surface area contributed by atoms with Crippen molar-refractivity contribution in [2.24, 2.45) is 0 Å². The lowest BCUT2D eigenvalue weighted by molar-refractivity contribution is 0.996. The molecule has 0 saturated carbocycles. The molecule has 10 aromatic rings. The van der Waals surface area contributed by atoms with Gasteiger partial charge in [0.1, 0.15) is 0 Å². The Kier molecular flexibility index (Phi) is 6.80. The van der Waals surface area contributed by atoms with E-state index in [0.29, 0.717) is 11.6 Å². The van der Waals surface area contributed by atoms with Crippen molar-refractivity contribution in [2.75, 3.05) is 0 Å². The van der Waals surface area contributed by atoms with Gasteiger partial charge in [-0.15, -0.1) is 0 Å². The zero-order valence-corrected chi connectivity index (χ0v) is 28.0. The molecule has 0 atom stereocenters. The van der Waals surface area contributed by atoms with Crippen molar-refractivity contribution in [1.82, 2.24) is 19.1 Å². The highest BCUT2D eigenvalue weighted by Gasteiger charge is 2.19. The van der Waals surface area contributed by atoms with E-state index in [-0.39, 0.29) is 0 Å². The first-order valence-corrected chi connectivity index (χ1v) is 17.3. The summed E-state index contributed by atoms with van der Waals surface area (Å²) in [4.78, 5) is 14.0. The smallest absolute Gasteiger partial charge is 0.235 e. The standard InChI is InChI=1S/C47H29N5/c1-48-35-24-20-32(21-25-35)42-30-41(31-12-4-2-5-13-31)49-47(50-42)52-44-19-11-8-16-37(44)39-26-22-34(29-46(39)52)33-23-27-45-40(28-33)38-17-9-10-18-43(38)51(45)36-14-6-3-7-15-36/h2-30H. The molecule has 10 rings (SSSR count). The molecule has 0 fully saturated rings. The van der Waals surface area contributed by atoms with E-state index in [0.717, 1.165) is 61.1 Å². The van der Waals surface area contributed by atoms with Gasteiger partial charge in [-0.3, -0.25) is 4.57 Å². The van der Waals surface area contributed by atoms with Crippen LogP contribution >= 0.6 is 0 Å². The van der Waals surface area contributed by atoms with Crippen LogP contribution in [0.5, 0.6) is 0 Å². The summed E-state index contributed by atoms with van der Waals surface area (Å²) in [6, 6.07) is 61.1. The van der Waals surface area contributed by atoms with Gasteiger partial charge in [-0.05, 0) is 65.2 Å². The van der Waals surface area contributed by atoms with E-state index in [2.05, 4.69) is 141 Å². The second-order valence-electron chi connectivity index (χ2n) is 13.0. The van der Waals surface area contributed by atoms with Gasteiger partial charge >= 0.3 is 0 Å². The third-order valence-corrected chi connectivity index (χ3v) is 9.97. The SMILES string of the molecule is [C-]#[N+]c1ccc(-c2cc(-c3ccccc3)nc(-n3c4ccccc4c4ccc(-c5ccc6c(c5)c5ccccc5n6-c5ccccc5)cc43)n2)cc1. The maximum Gasteiger partial charge on any atom is 0.235 e. The van der Waals surface area contributed by atoms with Gasteiger partial charge < -0.3 is 4.57 Å². The lowest BCUT2D eigenvalue weighted by atomic mass is 10.0. The Morgan fingerprint density at radius 2 is 0.904 bits per heavy atom. The van der Waals surface area contributed by atoms with Crippen molar-refractivity contribution in [2.45, 2.75) is 0 Å². The first-order chi connectivity index (χ1) is 25.7. The quantitative estimate of drug-likeness (QED) is 0.172. The van der Waals surface area contributed by atoms with Crippen molar-refractivity contribution >= 4 is 49.3 Å². The normalized spacial score (nSPS) is 11.4. The fraction of sp³-hybridized carbons (Fsp3) is 0. The monoisotopic (exact) mass is 663 g/mol. The molecule has 5 heteroatoms. The molecule has 3 aromatic heterocycles. The second-order valence-corrected chi connectivity index (χ2v) is 13.0. The van der Waals surface area contributed by atoms with Crippen LogP contribution in [0.1, 0.15) is 0 Å². The average Bonchev–Trinajstić information content (AvgIpc) is 3.73. The number of para-hydroxylation sites is 3. The van der Waals surface area contributed by atoms with Crippen molar-refractivity contribution in [1.29, 1.82) is 0 Å². The van der Waals surface area contributed by atoms with Crippen LogP contribution in [0.3, 0.4) is 0 Å². The Hall–Kier alpha value is -7.29. The third-order valence-electron chi connectivity index (χ3n) is 9.97. The zero-order valence-electron chi connectivity index (χ0n) is 28.0. The second kappa shape index (κ2) is 11.9. The highest BCUT2D eigenvalue weighted by molar-refractivity contribution is 6.12. The first kappa shape index (κ1) is 29.6. The molecule has 0 unspecified atom stereocenters. The topological polar surface area (TPSA) is 40.0 Å². The number of rotatable bonds is 5. The fourth-order valence-electron chi connectivity index (χ4n) is 7.52. The summed E-state index contributed by atoms with van der Waals surface area (Å²) >= 11 is 0. The Morgan fingerprint density at radius 1 is 0.385 bits per heavy atom. The summed E-state index contributed by atoms with van der Waals surface area (Å²) in [5.41, 5.74) is 12.0. The predicted octanol–water partition coefficient (Wildman–Crippen LogP) is 12.2. The minimum Gasteiger partial charge on any atom is -0.309 e. The summed E-state index contributed by atoms with van der Waals surface area (Å²) in [6.45, 7) is 7.43. The summed E-state index contributed by atoms with van der Waals surface area (Å²) < 4.78 is 4.54. The van der Waals surface area contributed by atoms with Crippen molar-refractivity contribution in [3.05, 3.63) is 187 Å². The Morgan fingerprint density at radius 3 is 1.62 bits per heavy atom. The van der Waals surface area contributed by atoms with E-state index < -0.39 is 0 Å². The lowest BCUT2D eigenvalue weighted by Crippen LogP contribution is -2.04. The molecule has 5 nitrogen and oxygen atoms in total. The van der Waals surface area contributed by atoms with E-state index in [1.165, 1.54) is 21.8 Å². The highest BCUT2D eigenvalue weighted by Crippen LogP contribution is 2.38. The van der Waals surface area contributed by atoms with E-state index >= 15 is 0 Å². The minimum absolute atomic E-state index is 0.593. The van der Waals surface area contributed by atoms with Crippen LogP contribution < -0.4 is 0 Å². The number of hydrogen-bond donors (Lipinski definition) is 0. The minimum atomic E-state index is 0.593. The van der Waals surface area contributed by atoms with E-state index in [4.69, 9.17) is 16.5 Å². The molecule has 0 N–H and O–H groups in total. The van der Waals surface area contributed by atoms with Crippen LogP contribution in [0.15, 0.2) is 176 Å². The van der Waals surface area contributed by atoms with Crippen LogP contribution in [-0.2, 0) is 0 Å². The third kappa shape index (κ3) is 4.78. The van der Waals surface area contributed by atoms with Gasteiger partial charge in [0, 0.05) is 32.8 Å². The van der Waals surface area contributed by atoms with Crippen molar-refractivity contribution in [3.8, 4) is 45.3 Å². The molecule has 0 radical (unpaired) electrons. The molecule has 0 bridgehead atoms. The lowest BCUT2D eigenvalue weighted by Gasteiger charge is -2.12. The van der Waals surface area contributed by atoms with Gasteiger partial charge in [-0.25, -0.2) is 14.8 Å². The van der Waals surface area contributed by atoms with Crippen molar-refractivity contribution in [3.63, 3.8) is 0 Å². The summed E-state index contributed by atoms with van der Waals surface area (Å²) in [7, 11) is 0. The Bertz CT molecular complexity index is 3000. The number of benzene rings is 7. The Labute approximate surface area is 300 Å². The van der Waals surface area contributed by atoms with E-state index in [1.54, 1.807) is 0 Å². The first-order valence-electron chi connectivity index (χ1n) is 17.3. The van der Waals surface area contributed by atoms with Gasteiger partial charge in [0.25, 0.3) is 0 Å². The number of aromatic nitrogens is 4. The molecule has 52 heavy (non-hydrogen) atoms. The molecule has 0 spiro atoms. The summed E-state index contributed by atoms with van der Waals surface area (Å²) in [5.74, 6) is 0.593. The van der Waals surface area contributed by atoms with Gasteiger partial charge in [-0.1, -0.05) is 127 Å². The molecular formula is C47H29N5. The van der Waals surface area contributed by atoms with Gasteiger partial charge in [0.2, 0.25) is 5.95 Å². The highest BCUT2D eigenvalue weighted by atomic mass is 15.2. The maximum absolute atomic E-state index is 7.43. The van der Waals surface area contributed by atoms with Crippen LogP contribution in [0.2, 0.25) is 0 Å². The van der Waals surface area contributed by atoms with Gasteiger partial charge in [-0.2, -0.15) is 0 Å². The fourth-order valence-corrected chi connectivity index (χ4v) is 7.52. The maximum atomic E-state index is 7.43. The zero-order chi connectivity index (χ0) is 34.6. The molecule has 3 heterocycles. The molecule has 0 aliphatic rings. The summed E-state index contributed by atoms with van der Waals surface area (Å²) in [6.07, 6.45) is 0. The van der Waals surface area contributed by atoms with Gasteiger partial charge in [0.05, 0.1) is 40.0 Å². The molecular weight excluding hydrogens is 635 g/mol.